The van der Waals surface area contributed by atoms with Crippen molar-refractivity contribution in [2.75, 3.05) is 38.1 Å². The fourth-order valence-corrected chi connectivity index (χ4v) is 5.87. The summed E-state index contributed by atoms with van der Waals surface area (Å²) in [5.41, 5.74) is 1.33. The number of fused-ring (bicyclic) bond motifs is 2. The normalized spacial score (nSPS) is 26.9. The molecule has 0 N–H and O–H groups in total. The minimum absolute atomic E-state index is 0.260. The summed E-state index contributed by atoms with van der Waals surface area (Å²) in [5, 5.41) is 0. The minimum atomic E-state index is 0.260. The third kappa shape index (κ3) is 5.76. The molecule has 33 heavy (non-hydrogen) atoms. The van der Waals surface area contributed by atoms with Gasteiger partial charge in [0.25, 0.3) is 0 Å². The maximum absolute atomic E-state index is 11.1. The molecule has 4 fully saturated rings. The van der Waals surface area contributed by atoms with Gasteiger partial charge in [-0.2, -0.15) is 0 Å². The van der Waals surface area contributed by atoms with Crippen LogP contribution >= 0.6 is 0 Å². The van der Waals surface area contributed by atoms with E-state index in [0.717, 1.165) is 31.9 Å². The molecular formula is C27H45N5O. The van der Waals surface area contributed by atoms with Crippen molar-refractivity contribution >= 4 is 11.7 Å². The summed E-state index contributed by atoms with van der Waals surface area (Å²) >= 11 is 0. The van der Waals surface area contributed by atoms with Gasteiger partial charge in [-0.15, -0.1) is 0 Å². The first kappa shape index (κ1) is 24.6. The molecule has 1 saturated carbocycles. The zero-order chi connectivity index (χ0) is 23.5. The molecule has 2 bridgehead atoms. The Bertz CT molecular complexity index is 753. The number of Topliss-reactive ketones (excluding diaryl/α,β-unsaturated/α-hetero) is 1. The summed E-state index contributed by atoms with van der Waals surface area (Å²) in [6, 6.07) is 1.84. The first-order valence-electron chi connectivity index (χ1n) is 13.4. The van der Waals surface area contributed by atoms with E-state index in [9.17, 15) is 4.79 Å². The Morgan fingerprint density at radius 1 is 0.909 bits per heavy atom. The van der Waals surface area contributed by atoms with Crippen molar-refractivity contribution in [3.63, 3.8) is 0 Å². The number of nitrogens with zero attached hydrogens (tertiary/aromatic N) is 5. The predicted octanol–water partition coefficient (Wildman–Crippen LogP) is 4.36. The van der Waals surface area contributed by atoms with Gasteiger partial charge in [0.15, 0.2) is 0 Å². The van der Waals surface area contributed by atoms with E-state index in [0.29, 0.717) is 35.7 Å². The predicted molar refractivity (Wildman–Crippen MR) is 135 cm³/mol. The number of carbonyl (C=O) groups is 1. The van der Waals surface area contributed by atoms with Crippen molar-refractivity contribution < 1.29 is 4.79 Å². The van der Waals surface area contributed by atoms with Gasteiger partial charge in [0.1, 0.15) is 5.78 Å². The summed E-state index contributed by atoms with van der Waals surface area (Å²) in [6.45, 7) is 13.3. The van der Waals surface area contributed by atoms with Crippen molar-refractivity contribution in [2.45, 2.75) is 96.7 Å². The van der Waals surface area contributed by atoms with E-state index in [1.807, 2.05) is 13.8 Å². The molecule has 4 aliphatic rings. The molecule has 3 aliphatic heterocycles. The van der Waals surface area contributed by atoms with E-state index in [4.69, 9.17) is 9.97 Å². The second-order valence-corrected chi connectivity index (χ2v) is 11.4. The highest BCUT2D eigenvalue weighted by Gasteiger charge is 2.41. The average Bonchev–Trinajstić information content (AvgIpc) is 3.02. The van der Waals surface area contributed by atoms with Gasteiger partial charge < -0.3 is 9.80 Å². The van der Waals surface area contributed by atoms with Gasteiger partial charge >= 0.3 is 0 Å². The molecule has 4 heterocycles. The second kappa shape index (κ2) is 10.8. The van der Waals surface area contributed by atoms with Gasteiger partial charge in [0.05, 0.1) is 0 Å². The topological polar surface area (TPSA) is 52.6 Å². The lowest BCUT2D eigenvalue weighted by Crippen LogP contribution is -2.56. The molecule has 184 valence electrons. The van der Waals surface area contributed by atoms with Crippen LogP contribution in [0.2, 0.25) is 0 Å². The molecule has 5 rings (SSSR count). The monoisotopic (exact) mass is 455 g/mol. The van der Waals surface area contributed by atoms with Crippen molar-refractivity contribution in [2.24, 2.45) is 11.8 Å². The van der Waals surface area contributed by atoms with Gasteiger partial charge in [-0.25, -0.2) is 9.97 Å². The van der Waals surface area contributed by atoms with Crippen LogP contribution in [0, 0.1) is 11.8 Å². The van der Waals surface area contributed by atoms with Crippen LogP contribution in [0.15, 0.2) is 12.4 Å². The first-order valence-corrected chi connectivity index (χ1v) is 13.4. The van der Waals surface area contributed by atoms with E-state index in [-0.39, 0.29) is 5.92 Å². The molecule has 1 aromatic heterocycles. The van der Waals surface area contributed by atoms with Crippen LogP contribution in [0.4, 0.5) is 5.95 Å². The Morgan fingerprint density at radius 2 is 1.48 bits per heavy atom. The van der Waals surface area contributed by atoms with Crippen molar-refractivity contribution in [1.82, 2.24) is 19.8 Å². The summed E-state index contributed by atoms with van der Waals surface area (Å²) in [4.78, 5) is 28.2. The van der Waals surface area contributed by atoms with Crippen LogP contribution < -0.4 is 4.90 Å². The third-order valence-corrected chi connectivity index (χ3v) is 8.40. The minimum Gasteiger partial charge on any atom is -0.332 e. The summed E-state index contributed by atoms with van der Waals surface area (Å²) in [5.74, 6) is 2.77. The van der Waals surface area contributed by atoms with E-state index in [1.54, 1.807) is 0 Å². The number of aromatic nitrogens is 2. The zero-order valence-corrected chi connectivity index (χ0v) is 21.5. The van der Waals surface area contributed by atoms with Crippen LogP contribution in [0.25, 0.3) is 0 Å². The molecule has 2 atom stereocenters. The maximum Gasteiger partial charge on any atom is 0.225 e. The SMILES string of the molecule is CC(C)C(=O)C1CCC1.CC(C)N1CC2CCC(C1)N2c1ncc(C2CCN(C)CC2)cn1. The average molecular weight is 456 g/mol. The Kier molecular flexibility index (Phi) is 8.06. The van der Waals surface area contributed by atoms with Crippen LogP contribution in [-0.4, -0.2) is 76.9 Å². The Balaban J connectivity index is 0.000000243. The Morgan fingerprint density at radius 3 is 1.91 bits per heavy atom. The second-order valence-electron chi connectivity index (χ2n) is 11.4. The molecule has 1 aliphatic carbocycles. The lowest BCUT2D eigenvalue weighted by atomic mass is 9.79. The van der Waals surface area contributed by atoms with Crippen LogP contribution in [0.3, 0.4) is 0 Å². The van der Waals surface area contributed by atoms with Gasteiger partial charge in [-0.05, 0) is 84.0 Å². The van der Waals surface area contributed by atoms with E-state index in [2.05, 4.69) is 48.0 Å². The summed E-state index contributed by atoms with van der Waals surface area (Å²) < 4.78 is 0. The standard InChI is InChI=1S/C19H31N5.C8H14O/c1-14(2)23-12-17-4-5-18(13-23)24(17)19-20-10-16(11-21-19)15-6-8-22(3)9-7-15;1-6(2)8(9)7-4-3-5-7/h10-11,14-15,17-18H,4-9,12-13H2,1-3H3;6-7H,3-5H2,1-2H3. The van der Waals surface area contributed by atoms with Gasteiger partial charge in [0.2, 0.25) is 5.95 Å². The molecule has 6 heteroatoms. The van der Waals surface area contributed by atoms with Crippen LogP contribution in [-0.2, 0) is 4.79 Å². The van der Waals surface area contributed by atoms with E-state index < -0.39 is 0 Å². The number of carbonyl (C=O) groups excluding carboxylic acids is 1. The van der Waals surface area contributed by atoms with E-state index >= 15 is 0 Å². The van der Waals surface area contributed by atoms with Crippen LogP contribution in [0.1, 0.15) is 84.1 Å². The molecule has 1 aromatic rings. The molecule has 3 saturated heterocycles. The third-order valence-electron chi connectivity index (χ3n) is 8.40. The largest absolute Gasteiger partial charge is 0.332 e. The Hall–Kier alpha value is -1.53. The molecule has 0 radical (unpaired) electrons. The molecule has 0 amide bonds. The first-order chi connectivity index (χ1) is 15.8. The smallest absolute Gasteiger partial charge is 0.225 e. The van der Waals surface area contributed by atoms with Crippen molar-refractivity contribution in [3.05, 3.63) is 18.0 Å². The quantitative estimate of drug-likeness (QED) is 0.658. The highest BCUT2D eigenvalue weighted by molar-refractivity contribution is 5.83. The molecule has 0 aromatic carbocycles. The maximum atomic E-state index is 11.1. The zero-order valence-electron chi connectivity index (χ0n) is 21.5. The number of hydrogen-bond acceptors (Lipinski definition) is 6. The van der Waals surface area contributed by atoms with Gasteiger partial charge in [-0.3, -0.25) is 9.69 Å². The number of hydrogen-bond donors (Lipinski definition) is 0. The number of likely N-dealkylation sites (tertiary alicyclic amines) is 2. The lowest BCUT2D eigenvalue weighted by molar-refractivity contribution is -0.128. The molecule has 2 unspecified atom stereocenters. The highest BCUT2D eigenvalue weighted by Crippen LogP contribution is 2.34. The molecule has 6 nitrogen and oxygen atoms in total. The lowest BCUT2D eigenvalue weighted by Gasteiger charge is -2.42. The van der Waals surface area contributed by atoms with Crippen molar-refractivity contribution in [3.8, 4) is 0 Å². The molecule has 0 spiro atoms. The number of piperidine rings is 1. The number of ketones is 1. The summed E-state index contributed by atoms with van der Waals surface area (Å²) in [7, 11) is 2.21. The molecular weight excluding hydrogens is 410 g/mol. The summed E-state index contributed by atoms with van der Waals surface area (Å²) in [6.07, 6.45) is 12.8. The van der Waals surface area contributed by atoms with Gasteiger partial charge in [0, 0.05) is 55.4 Å². The highest BCUT2D eigenvalue weighted by atomic mass is 16.1. The van der Waals surface area contributed by atoms with E-state index in [1.165, 1.54) is 50.8 Å². The van der Waals surface area contributed by atoms with Crippen molar-refractivity contribution in [1.29, 1.82) is 0 Å². The fourth-order valence-electron chi connectivity index (χ4n) is 5.87. The van der Waals surface area contributed by atoms with Crippen LogP contribution in [0.5, 0.6) is 0 Å². The fraction of sp³-hybridized carbons (Fsp3) is 0.815. The number of anilines is 1. The van der Waals surface area contributed by atoms with Gasteiger partial charge in [-0.1, -0.05) is 20.3 Å². The Labute approximate surface area is 201 Å². The number of piperazine rings is 1. The number of rotatable bonds is 5.